The Labute approximate surface area is 53.8 Å². The van der Waals surface area contributed by atoms with Crippen LogP contribution >= 0.6 is 0 Å². The first kappa shape index (κ1) is 5.65. The molecule has 1 saturated carbocycles. The average molecular weight is 129 g/mol. The van der Waals surface area contributed by atoms with Crippen LogP contribution in [0.25, 0.3) is 0 Å². The van der Waals surface area contributed by atoms with Crippen LogP contribution in [-0.2, 0) is 4.74 Å². The fraction of sp³-hybridized carbons (Fsp3) is 1.00. The zero-order chi connectivity index (χ0) is 6.43. The van der Waals surface area contributed by atoms with Crippen LogP contribution in [0.3, 0.4) is 0 Å². The molecule has 3 heteroatoms. The van der Waals surface area contributed by atoms with E-state index in [1.54, 1.807) is 0 Å². The molecule has 4 atom stereocenters. The number of aliphatic hydroxyl groups excluding tert-OH is 1. The summed E-state index contributed by atoms with van der Waals surface area (Å²) in [6.07, 6.45) is 1.35. The molecule has 3 N–H and O–H groups in total. The maximum absolute atomic E-state index is 8.97. The predicted molar refractivity (Wildman–Crippen MR) is 31.6 cm³/mol. The summed E-state index contributed by atoms with van der Waals surface area (Å²) in [5.41, 5.74) is 5.67. The fourth-order valence-electron chi connectivity index (χ4n) is 1.46. The number of ether oxygens (including phenoxy) is 1. The number of nitrogens with two attached hydrogens (primary N) is 1. The van der Waals surface area contributed by atoms with E-state index >= 15 is 0 Å². The second kappa shape index (κ2) is 1.68. The van der Waals surface area contributed by atoms with Crippen molar-refractivity contribution in [2.45, 2.75) is 31.3 Å². The van der Waals surface area contributed by atoms with Crippen LogP contribution in [0.15, 0.2) is 0 Å². The molecule has 2 rings (SSSR count). The summed E-state index contributed by atoms with van der Waals surface area (Å²) in [5, 5.41) is 8.97. The van der Waals surface area contributed by atoms with Crippen LogP contribution in [0, 0.1) is 5.92 Å². The van der Waals surface area contributed by atoms with Crippen molar-refractivity contribution in [3.8, 4) is 0 Å². The van der Waals surface area contributed by atoms with E-state index in [0.717, 1.165) is 6.42 Å². The number of hydrogen-bond donors (Lipinski definition) is 2. The minimum Gasteiger partial charge on any atom is -0.368 e. The Kier molecular flexibility index (Phi) is 1.06. The van der Waals surface area contributed by atoms with E-state index in [-0.39, 0.29) is 12.1 Å². The van der Waals surface area contributed by atoms with E-state index in [0.29, 0.717) is 12.3 Å². The molecule has 3 nitrogen and oxygen atoms in total. The normalized spacial score (nSPS) is 56.7. The van der Waals surface area contributed by atoms with Gasteiger partial charge in [0, 0.05) is 18.4 Å². The van der Waals surface area contributed by atoms with Gasteiger partial charge in [-0.15, -0.1) is 0 Å². The van der Waals surface area contributed by atoms with Gasteiger partial charge in [-0.3, -0.25) is 0 Å². The summed E-state index contributed by atoms with van der Waals surface area (Å²) in [7, 11) is 0. The monoisotopic (exact) mass is 129 g/mol. The molecule has 0 spiro atoms. The molecule has 4 unspecified atom stereocenters. The smallest absolute Gasteiger partial charge is 0.156 e. The van der Waals surface area contributed by atoms with Crippen molar-refractivity contribution in [3.05, 3.63) is 0 Å². The molecule has 1 heterocycles. The van der Waals surface area contributed by atoms with Gasteiger partial charge in [-0.2, -0.15) is 0 Å². The largest absolute Gasteiger partial charge is 0.368 e. The second-order valence-corrected chi connectivity index (χ2v) is 2.93. The molecule has 1 aliphatic heterocycles. The summed E-state index contributed by atoms with van der Waals surface area (Å²) >= 11 is 0. The van der Waals surface area contributed by atoms with Crippen LogP contribution in [0.1, 0.15) is 12.8 Å². The molecule has 0 amide bonds. The van der Waals surface area contributed by atoms with Gasteiger partial charge in [0.15, 0.2) is 6.29 Å². The van der Waals surface area contributed by atoms with Crippen LogP contribution in [0.2, 0.25) is 0 Å². The van der Waals surface area contributed by atoms with Crippen LogP contribution < -0.4 is 5.73 Å². The van der Waals surface area contributed by atoms with Crippen molar-refractivity contribution in [3.63, 3.8) is 0 Å². The SMILES string of the molecule is NC1CC(O)OC2CC12. The molecule has 0 bridgehead atoms. The first-order valence-corrected chi connectivity index (χ1v) is 3.36. The van der Waals surface area contributed by atoms with Gasteiger partial charge in [0.1, 0.15) is 0 Å². The van der Waals surface area contributed by atoms with Gasteiger partial charge < -0.3 is 15.6 Å². The third-order valence-corrected chi connectivity index (χ3v) is 2.13. The molecule has 1 saturated heterocycles. The van der Waals surface area contributed by atoms with E-state index in [1.165, 1.54) is 0 Å². The Morgan fingerprint density at radius 1 is 1.44 bits per heavy atom. The number of rotatable bonds is 0. The Morgan fingerprint density at radius 3 is 2.89 bits per heavy atom. The van der Waals surface area contributed by atoms with E-state index in [9.17, 15) is 0 Å². The van der Waals surface area contributed by atoms with Crippen molar-refractivity contribution in [2.75, 3.05) is 0 Å². The molecule has 1 aliphatic carbocycles. The standard InChI is InChI=1S/C6H11NO2/c7-4-2-6(8)9-5-1-3(4)5/h3-6,8H,1-2,7H2. The van der Waals surface area contributed by atoms with Crippen LogP contribution in [0.5, 0.6) is 0 Å². The molecule has 9 heavy (non-hydrogen) atoms. The van der Waals surface area contributed by atoms with Gasteiger partial charge in [-0.1, -0.05) is 0 Å². The van der Waals surface area contributed by atoms with E-state index in [1.807, 2.05) is 0 Å². The molecule has 0 radical (unpaired) electrons. The first-order valence-electron chi connectivity index (χ1n) is 3.36. The zero-order valence-electron chi connectivity index (χ0n) is 5.16. The number of aliphatic hydroxyl groups is 1. The lowest BCUT2D eigenvalue weighted by Gasteiger charge is -2.21. The van der Waals surface area contributed by atoms with E-state index in [4.69, 9.17) is 15.6 Å². The predicted octanol–water partition coefficient (Wildman–Crippen LogP) is -0.559. The van der Waals surface area contributed by atoms with Crippen molar-refractivity contribution >= 4 is 0 Å². The lowest BCUT2D eigenvalue weighted by molar-refractivity contribution is -0.136. The van der Waals surface area contributed by atoms with E-state index < -0.39 is 6.29 Å². The zero-order valence-corrected chi connectivity index (χ0v) is 5.16. The minimum absolute atomic E-state index is 0.179. The number of hydrogen-bond acceptors (Lipinski definition) is 3. The highest BCUT2D eigenvalue weighted by atomic mass is 16.6. The van der Waals surface area contributed by atoms with Gasteiger partial charge in [-0.05, 0) is 6.42 Å². The minimum atomic E-state index is -0.594. The Hall–Kier alpha value is -0.120. The highest BCUT2D eigenvalue weighted by Gasteiger charge is 2.48. The third-order valence-electron chi connectivity index (χ3n) is 2.13. The van der Waals surface area contributed by atoms with Gasteiger partial charge in [-0.25, -0.2) is 0 Å². The molecular formula is C6H11NO2. The van der Waals surface area contributed by atoms with Gasteiger partial charge in [0.05, 0.1) is 6.10 Å². The Balaban J connectivity index is 1.99. The van der Waals surface area contributed by atoms with Crippen molar-refractivity contribution in [1.82, 2.24) is 0 Å². The summed E-state index contributed by atoms with van der Waals surface area (Å²) in [6.45, 7) is 0. The number of fused-ring (bicyclic) bond motifs is 1. The lowest BCUT2D eigenvalue weighted by atomic mass is 10.1. The molecule has 2 fully saturated rings. The topological polar surface area (TPSA) is 55.5 Å². The summed E-state index contributed by atoms with van der Waals surface area (Å²) < 4.78 is 5.11. The molecule has 2 aliphatic rings. The Morgan fingerprint density at radius 2 is 2.22 bits per heavy atom. The summed E-state index contributed by atoms with van der Waals surface area (Å²) in [4.78, 5) is 0. The van der Waals surface area contributed by atoms with Crippen molar-refractivity contribution in [2.24, 2.45) is 11.7 Å². The van der Waals surface area contributed by atoms with Crippen LogP contribution in [-0.4, -0.2) is 23.5 Å². The average Bonchev–Trinajstić information content (AvgIpc) is 2.43. The maximum Gasteiger partial charge on any atom is 0.156 e. The van der Waals surface area contributed by atoms with Gasteiger partial charge in [0.25, 0.3) is 0 Å². The highest BCUT2D eigenvalue weighted by molar-refractivity contribution is 4.98. The Bertz CT molecular complexity index is 128. The van der Waals surface area contributed by atoms with Crippen molar-refractivity contribution < 1.29 is 9.84 Å². The second-order valence-electron chi connectivity index (χ2n) is 2.93. The van der Waals surface area contributed by atoms with E-state index in [2.05, 4.69) is 0 Å². The summed E-state index contributed by atoms with van der Waals surface area (Å²) in [6, 6.07) is 0.179. The first-order chi connectivity index (χ1) is 4.27. The third kappa shape index (κ3) is 0.852. The molecule has 0 aromatic carbocycles. The molecule has 52 valence electrons. The quantitative estimate of drug-likeness (QED) is 0.461. The van der Waals surface area contributed by atoms with Gasteiger partial charge >= 0.3 is 0 Å². The maximum atomic E-state index is 8.97. The molecular weight excluding hydrogens is 118 g/mol. The summed E-state index contributed by atoms with van der Waals surface area (Å²) in [5.74, 6) is 0.549. The fourth-order valence-corrected chi connectivity index (χ4v) is 1.46. The molecule has 0 aromatic heterocycles. The van der Waals surface area contributed by atoms with Crippen molar-refractivity contribution in [1.29, 1.82) is 0 Å². The lowest BCUT2D eigenvalue weighted by Crippen LogP contribution is -2.35. The van der Waals surface area contributed by atoms with Crippen LogP contribution in [0.4, 0.5) is 0 Å². The molecule has 0 aromatic rings. The van der Waals surface area contributed by atoms with Gasteiger partial charge in [0.2, 0.25) is 0 Å². The highest BCUT2D eigenvalue weighted by Crippen LogP contribution is 2.41.